The number of nitrogens with one attached hydrogen (secondary N) is 2. The van der Waals surface area contributed by atoms with E-state index in [2.05, 4.69) is 26.6 Å². The molecule has 0 spiro atoms. The quantitative estimate of drug-likeness (QED) is 0.672. The number of hydrogen-bond donors (Lipinski definition) is 2. The average molecular weight is 405 g/mol. The summed E-state index contributed by atoms with van der Waals surface area (Å²) in [5.41, 5.74) is 3.09. The molecule has 0 atom stereocenters. The monoisotopic (exact) mass is 404 g/mol. The van der Waals surface area contributed by atoms with E-state index in [4.69, 9.17) is 4.74 Å². The van der Waals surface area contributed by atoms with Crippen LogP contribution in [-0.2, 0) is 9.53 Å². The fourth-order valence-corrected chi connectivity index (χ4v) is 2.69. The van der Waals surface area contributed by atoms with E-state index in [-0.39, 0.29) is 18.4 Å². The number of hydrogen-bond acceptors (Lipinski definition) is 4. The van der Waals surface area contributed by atoms with Gasteiger partial charge in [-0.2, -0.15) is 0 Å². The highest BCUT2D eigenvalue weighted by molar-refractivity contribution is 9.10. The first kappa shape index (κ1) is 19.0. The van der Waals surface area contributed by atoms with Gasteiger partial charge < -0.3 is 15.4 Å². The van der Waals surface area contributed by atoms with Crippen LogP contribution in [0.5, 0.6) is 0 Å². The van der Waals surface area contributed by atoms with E-state index in [0.717, 1.165) is 27.8 Å². The molecule has 0 fully saturated rings. The van der Waals surface area contributed by atoms with Gasteiger partial charge in [0.1, 0.15) is 0 Å². The van der Waals surface area contributed by atoms with Gasteiger partial charge in [-0.05, 0) is 71.2 Å². The van der Waals surface area contributed by atoms with Crippen LogP contribution in [-0.4, -0.2) is 25.0 Å². The largest absolute Gasteiger partial charge is 0.462 e. The second kappa shape index (κ2) is 9.22. The Balaban J connectivity index is 1.86. The molecule has 0 heterocycles. The van der Waals surface area contributed by atoms with Crippen molar-refractivity contribution in [2.45, 2.75) is 20.3 Å². The van der Waals surface area contributed by atoms with Crippen LogP contribution in [0, 0.1) is 6.92 Å². The molecule has 0 aliphatic rings. The van der Waals surface area contributed by atoms with Gasteiger partial charge in [0.25, 0.3) is 0 Å². The zero-order valence-electron chi connectivity index (χ0n) is 14.3. The summed E-state index contributed by atoms with van der Waals surface area (Å²) in [5.74, 6) is -0.494. The zero-order valence-corrected chi connectivity index (χ0v) is 15.9. The molecular formula is C19H21BrN2O3. The highest BCUT2D eigenvalue weighted by Crippen LogP contribution is 2.23. The molecule has 0 bridgehead atoms. The van der Waals surface area contributed by atoms with Crippen LogP contribution < -0.4 is 10.6 Å². The Labute approximate surface area is 155 Å². The maximum Gasteiger partial charge on any atom is 0.338 e. The number of aryl methyl sites for hydroxylation is 1. The Kier molecular flexibility index (Phi) is 7.01. The van der Waals surface area contributed by atoms with Crippen LogP contribution in [0.3, 0.4) is 0 Å². The molecule has 6 heteroatoms. The van der Waals surface area contributed by atoms with E-state index >= 15 is 0 Å². The lowest BCUT2D eigenvalue weighted by Crippen LogP contribution is -2.22. The van der Waals surface area contributed by atoms with Gasteiger partial charge in [-0.3, -0.25) is 4.79 Å². The van der Waals surface area contributed by atoms with Crippen LogP contribution in [0.15, 0.2) is 46.9 Å². The molecule has 0 aliphatic carbocycles. The van der Waals surface area contributed by atoms with Gasteiger partial charge in [0, 0.05) is 10.2 Å². The molecule has 0 saturated carbocycles. The molecule has 0 unspecified atom stereocenters. The number of ether oxygens (including phenoxy) is 1. The first-order valence-electron chi connectivity index (χ1n) is 8.06. The van der Waals surface area contributed by atoms with E-state index in [1.165, 1.54) is 0 Å². The van der Waals surface area contributed by atoms with Crippen molar-refractivity contribution in [3.05, 3.63) is 58.1 Å². The lowest BCUT2D eigenvalue weighted by atomic mass is 10.2. The van der Waals surface area contributed by atoms with Crippen molar-refractivity contribution in [2.75, 3.05) is 23.8 Å². The Morgan fingerprint density at radius 3 is 2.48 bits per heavy atom. The smallest absolute Gasteiger partial charge is 0.338 e. The fourth-order valence-electron chi connectivity index (χ4n) is 2.10. The van der Waals surface area contributed by atoms with Crippen molar-refractivity contribution < 1.29 is 14.3 Å². The first-order valence-corrected chi connectivity index (χ1v) is 8.86. The second-order valence-electron chi connectivity index (χ2n) is 5.60. The highest BCUT2D eigenvalue weighted by Gasteiger charge is 2.08. The summed E-state index contributed by atoms with van der Waals surface area (Å²) in [4.78, 5) is 23.8. The predicted octanol–water partition coefficient (Wildman–Crippen LogP) is 4.37. The van der Waals surface area contributed by atoms with Gasteiger partial charge in [-0.15, -0.1) is 0 Å². The van der Waals surface area contributed by atoms with Crippen molar-refractivity contribution >= 4 is 39.2 Å². The lowest BCUT2D eigenvalue weighted by molar-refractivity contribution is -0.114. The van der Waals surface area contributed by atoms with Crippen molar-refractivity contribution in [1.29, 1.82) is 0 Å². The summed E-state index contributed by atoms with van der Waals surface area (Å²) in [7, 11) is 0. The maximum atomic E-state index is 12.0. The topological polar surface area (TPSA) is 67.4 Å². The molecule has 2 aromatic rings. The number of rotatable bonds is 7. The Morgan fingerprint density at radius 1 is 1.12 bits per heavy atom. The molecule has 132 valence electrons. The maximum absolute atomic E-state index is 12.0. The second-order valence-corrected chi connectivity index (χ2v) is 6.45. The van der Waals surface area contributed by atoms with Crippen LogP contribution in [0.25, 0.3) is 0 Å². The molecule has 0 radical (unpaired) electrons. The van der Waals surface area contributed by atoms with Gasteiger partial charge in [-0.1, -0.05) is 13.0 Å². The van der Waals surface area contributed by atoms with Crippen molar-refractivity contribution in [2.24, 2.45) is 0 Å². The van der Waals surface area contributed by atoms with Gasteiger partial charge in [0.15, 0.2) is 0 Å². The predicted molar refractivity (Wildman–Crippen MR) is 103 cm³/mol. The number of carbonyl (C=O) groups excluding carboxylic acids is 2. The molecule has 25 heavy (non-hydrogen) atoms. The van der Waals surface area contributed by atoms with Gasteiger partial charge in [0.05, 0.1) is 24.4 Å². The van der Waals surface area contributed by atoms with Crippen molar-refractivity contribution in [1.82, 2.24) is 0 Å². The molecular weight excluding hydrogens is 384 g/mol. The molecule has 5 nitrogen and oxygen atoms in total. The third kappa shape index (κ3) is 5.90. The van der Waals surface area contributed by atoms with Crippen LogP contribution >= 0.6 is 15.9 Å². The Hall–Kier alpha value is -2.34. The molecule has 0 saturated heterocycles. The summed E-state index contributed by atoms with van der Waals surface area (Å²) in [6.45, 7) is 4.47. The SMILES string of the molecule is CCCOC(=O)c1ccc(NCC(=O)Nc2ccc(C)cc2Br)cc1. The summed E-state index contributed by atoms with van der Waals surface area (Å²) in [6.07, 6.45) is 0.789. The van der Waals surface area contributed by atoms with Crippen molar-refractivity contribution in [3.8, 4) is 0 Å². The molecule has 2 aromatic carbocycles. The average Bonchev–Trinajstić information content (AvgIpc) is 2.60. The molecule has 2 rings (SSSR count). The van der Waals surface area contributed by atoms with Gasteiger partial charge >= 0.3 is 5.97 Å². The number of carbonyl (C=O) groups is 2. The summed E-state index contributed by atoms with van der Waals surface area (Å²) in [5, 5.41) is 5.86. The number of esters is 1. The normalized spacial score (nSPS) is 10.2. The van der Waals surface area contributed by atoms with Gasteiger partial charge in [0.2, 0.25) is 5.91 Å². The number of amides is 1. The minimum atomic E-state index is -0.338. The third-order valence-electron chi connectivity index (χ3n) is 3.41. The van der Waals surface area contributed by atoms with Crippen LogP contribution in [0.2, 0.25) is 0 Å². The molecule has 2 N–H and O–H groups in total. The minimum Gasteiger partial charge on any atom is -0.462 e. The Bertz CT molecular complexity index is 745. The number of halogens is 1. The van der Waals surface area contributed by atoms with Crippen LogP contribution in [0.4, 0.5) is 11.4 Å². The van der Waals surface area contributed by atoms with Gasteiger partial charge in [-0.25, -0.2) is 4.79 Å². The van der Waals surface area contributed by atoms with E-state index in [9.17, 15) is 9.59 Å². The van der Waals surface area contributed by atoms with Crippen molar-refractivity contribution in [3.63, 3.8) is 0 Å². The Morgan fingerprint density at radius 2 is 1.84 bits per heavy atom. The summed E-state index contributed by atoms with van der Waals surface area (Å²) < 4.78 is 5.92. The first-order chi connectivity index (χ1) is 12.0. The minimum absolute atomic E-state index is 0.125. The highest BCUT2D eigenvalue weighted by atomic mass is 79.9. The summed E-state index contributed by atoms with van der Waals surface area (Å²) >= 11 is 3.43. The van der Waals surface area contributed by atoms with E-state index in [0.29, 0.717) is 12.2 Å². The van der Waals surface area contributed by atoms with E-state index in [1.54, 1.807) is 24.3 Å². The fraction of sp³-hybridized carbons (Fsp3) is 0.263. The number of benzene rings is 2. The zero-order chi connectivity index (χ0) is 18.2. The van der Waals surface area contributed by atoms with E-state index < -0.39 is 0 Å². The standard InChI is InChI=1S/C19H21BrN2O3/c1-3-10-25-19(24)14-5-7-15(8-6-14)21-12-18(23)22-17-9-4-13(2)11-16(17)20/h4-9,11,21H,3,10,12H2,1-2H3,(H,22,23). The van der Waals surface area contributed by atoms with E-state index in [1.807, 2.05) is 32.0 Å². The molecule has 0 aromatic heterocycles. The third-order valence-corrected chi connectivity index (χ3v) is 4.07. The lowest BCUT2D eigenvalue weighted by Gasteiger charge is -2.10. The molecule has 1 amide bonds. The van der Waals surface area contributed by atoms with Crippen LogP contribution in [0.1, 0.15) is 29.3 Å². The molecule has 0 aliphatic heterocycles. The number of anilines is 2. The summed E-state index contributed by atoms with van der Waals surface area (Å²) in [6, 6.07) is 12.6.